The average Bonchev–Trinajstić information content (AvgIpc) is 2.46. The molecule has 21 heavy (non-hydrogen) atoms. The fraction of sp³-hybridized carbons (Fsp3) is 0.625. The molecule has 5 nitrogen and oxygen atoms in total. The van der Waals surface area contributed by atoms with Gasteiger partial charge >= 0.3 is 5.97 Å². The van der Waals surface area contributed by atoms with E-state index in [1.807, 2.05) is 0 Å². The Labute approximate surface area is 126 Å². The Kier molecular flexibility index (Phi) is 5.17. The molecule has 0 saturated carbocycles. The van der Waals surface area contributed by atoms with Crippen LogP contribution in [0, 0.1) is 5.41 Å². The predicted molar refractivity (Wildman–Crippen MR) is 83.5 cm³/mol. The topological polar surface area (TPSA) is 63.2 Å². The summed E-state index contributed by atoms with van der Waals surface area (Å²) in [6.45, 7) is 8.51. The van der Waals surface area contributed by atoms with Crippen molar-refractivity contribution in [3.63, 3.8) is 0 Å². The lowest BCUT2D eigenvalue weighted by atomic mass is 9.77. The number of pyridine rings is 1. The second kappa shape index (κ2) is 6.89. The Morgan fingerprint density at radius 2 is 2.38 bits per heavy atom. The molecule has 1 atom stereocenters. The highest BCUT2D eigenvalue weighted by atomic mass is 16.5. The number of rotatable bonds is 5. The minimum absolute atomic E-state index is 0.240. The molecule has 116 valence electrons. The van der Waals surface area contributed by atoms with Gasteiger partial charge in [-0.3, -0.25) is 0 Å². The van der Waals surface area contributed by atoms with E-state index in [0.717, 1.165) is 13.1 Å². The Balaban J connectivity index is 2.04. The Morgan fingerprint density at radius 1 is 1.57 bits per heavy atom. The zero-order chi connectivity index (χ0) is 15.3. The normalized spacial score (nSPS) is 20.8. The lowest BCUT2D eigenvalue weighted by Crippen LogP contribution is -2.50. The number of nitrogens with one attached hydrogen (secondary N) is 2. The van der Waals surface area contributed by atoms with Crippen molar-refractivity contribution in [3.05, 3.63) is 23.9 Å². The molecular weight excluding hydrogens is 266 g/mol. The van der Waals surface area contributed by atoms with Crippen LogP contribution in [0.1, 0.15) is 44.0 Å². The molecule has 1 unspecified atom stereocenters. The summed E-state index contributed by atoms with van der Waals surface area (Å²) in [6.07, 6.45) is 4.10. The van der Waals surface area contributed by atoms with Crippen LogP contribution in [-0.4, -0.2) is 36.7 Å². The summed E-state index contributed by atoms with van der Waals surface area (Å²) in [6, 6.07) is 3.86. The third-order valence-corrected chi connectivity index (χ3v) is 4.11. The number of nitrogens with zero attached hydrogens (tertiary/aromatic N) is 1. The van der Waals surface area contributed by atoms with Crippen molar-refractivity contribution in [1.82, 2.24) is 10.3 Å². The molecule has 0 amide bonds. The van der Waals surface area contributed by atoms with E-state index in [2.05, 4.69) is 29.5 Å². The number of hydrogen-bond acceptors (Lipinski definition) is 5. The number of hydrogen-bond donors (Lipinski definition) is 2. The number of aromatic nitrogens is 1. The van der Waals surface area contributed by atoms with Crippen LogP contribution in [0.25, 0.3) is 0 Å². The van der Waals surface area contributed by atoms with Gasteiger partial charge in [0, 0.05) is 18.8 Å². The van der Waals surface area contributed by atoms with E-state index in [0.29, 0.717) is 24.0 Å². The molecule has 1 aliphatic heterocycles. The number of carbonyl (C=O) groups excluding carboxylic acids is 1. The molecule has 2 N–H and O–H groups in total. The van der Waals surface area contributed by atoms with Gasteiger partial charge in [-0.15, -0.1) is 0 Å². The number of esters is 1. The van der Waals surface area contributed by atoms with Gasteiger partial charge in [0.05, 0.1) is 6.61 Å². The average molecular weight is 291 g/mol. The molecule has 0 aromatic carbocycles. The third kappa shape index (κ3) is 3.94. The van der Waals surface area contributed by atoms with Gasteiger partial charge in [-0.25, -0.2) is 9.78 Å². The van der Waals surface area contributed by atoms with Gasteiger partial charge in [-0.2, -0.15) is 0 Å². The third-order valence-electron chi connectivity index (χ3n) is 4.11. The fourth-order valence-corrected chi connectivity index (χ4v) is 2.74. The van der Waals surface area contributed by atoms with E-state index in [4.69, 9.17) is 4.74 Å². The van der Waals surface area contributed by atoms with Crippen LogP contribution in [-0.2, 0) is 4.74 Å². The van der Waals surface area contributed by atoms with Crippen LogP contribution in [0.15, 0.2) is 18.3 Å². The number of carbonyl (C=O) groups is 1. The molecule has 2 rings (SSSR count). The van der Waals surface area contributed by atoms with Gasteiger partial charge in [-0.1, -0.05) is 13.8 Å². The smallest absolute Gasteiger partial charge is 0.341 e. The van der Waals surface area contributed by atoms with Crippen molar-refractivity contribution in [2.24, 2.45) is 5.41 Å². The summed E-state index contributed by atoms with van der Waals surface area (Å²) in [4.78, 5) is 16.2. The van der Waals surface area contributed by atoms with Crippen molar-refractivity contribution in [3.8, 4) is 0 Å². The highest BCUT2D eigenvalue weighted by Gasteiger charge is 2.31. The summed E-state index contributed by atoms with van der Waals surface area (Å²) in [5.41, 5.74) is 0.734. The maximum atomic E-state index is 11.9. The highest BCUT2D eigenvalue weighted by molar-refractivity contribution is 5.94. The summed E-state index contributed by atoms with van der Waals surface area (Å²) in [7, 11) is 0. The second-order valence-corrected chi connectivity index (χ2v) is 6.10. The lowest BCUT2D eigenvalue weighted by molar-refractivity contribution is 0.0527. The van der Waals surface area contributed by atoms with E-state index in [9.17, 15) is 4.79 Å². The van der Waals surface area contributed by atoms with Crippen molar-refractivity contribution < 1.29 is 9.53 Å². The van der Waals surface area contributed by atoms with Crippen LogP contribution in [0.2, 0.25) is 0 Å². The SMILES string of the molecule is CCOC(=O)c1cccnc1NCC1NCCCC1(C)C. The minimum Gasteiger partial charge on any atom is -0.462 e. The zero-order valence-corrected chi connectivity index (χ0v) is 13.1. The second-order valence-electron chi connectivity index (χ2n) is 6.10. The Hall–Kier alpha value is -1.62. The maximum absolute atomic E-state index is 11.9. The fourth-order valence-electron chi connectivity index (χ4n) is 2.74. The number of piperidine rings is 1. The lowest BCUT2D eigenvalue weighted by Gasteiger charge is -2.39. The molecule has 1 saturated heterocycles. The molecule has 0 bridgehead atoms. The standard InChI is InChI=1S/C16H25N3O2/c1-4-21-15(20)12-7-5-9-18-14(12)19-11-13-16(2,3)8-6-10-17-13/h5,7,9,13,17H,4,6,8,10-11H2,1-3H3,(H,18,19). The Morgan fingerprint density at radius 3 is 3.10 bits per heavy atom. The van der Waals surface area contributed by atoms with Crippen LogP contribution in [0.4, 0.5) is 5.82 Å². The molecule has 0 radical (unpaired) electrons. The zero-order valence-electron chi connectivity index (χ0n) is 13.1. The molecule has 1 fully saturated rings. The number of ether oxygens (including phenoxy) is 1. The van der Waals surface area contributed by atoms with Crippen LogP contribution < -0.4 is 10.6 Å². The first kappa shape index (κ1) is 15.8. The molecule has 1 aromatic heterocycles. The van der Waals surface area contributed by atoms with Crippen molar-refractivity contribution in [1.29, 1.82) is 0 Å². The van der Waals surface area contributed by atoms with Gasteiger partial charge in [-0.05, 0) is 43.9 Å². The van der Waals surface area contributed by atoms with E-state index in [-0.39, 0.29) is 11.4 Å². The van der Waals surface area contributed by atoms with Crippen molar-refractivity contribution in [2.45, 2.75) is 39.7 Å². The quantitative estimate of drug-likeness (QED) is 0.816. The van der Waals surface area contributed by atoms with Crippen LogP contribution in [0.5, 0.6) is 0 Å². The number of anilines is 1. The van der Waals surface area contributed by atoms with Gasteiger partial charge in [0.2, 0.25) is 0 Å². The highest BCUT2D eigenvalue weighted by Crippen LogP contribution is 2.30. The monoisotopic (exact) mass is 291 g/mol. The first-order valence-corrected chi connectivity index (χ1v) is 7.64. The maximum Gasteiger partial charge on any atom is 0.341 e. The van der Waals surface area contributed by atoms with Crippen molar-refractivity contribution >= 4 is 11.8 Å². The van der Waals surface area contributed by atoms with Crippen LogP contribution >= 0.6 is 0 Å². The van der Waals surface area contributed by atoms with E-state index in [1.54, 1.807) is 25.3 Å². The molecule has 2 heterocycles. The van der Waals surface area contributed by atoms with Gasteiger partial charge < -0.3 is 15.4 Å². The van der Waals surface area contributed by atoms with Gasteiger partial charge in [0.1, 0.15) is 11.4 Å². The molecule has 5 heteroatoms. The molecule has 1 aromatic rings. The van der Waals surface area contributed by atoms with E-state index >= 15 is 0 Å². The summed E-state index contributed by atoms with van der Waals surface area (Å²) in [5, 5.41) is 6.85. The summed E-state index contributed by atoms with van der Waals surface area (Å²) >= 11 is 0. The van der Waals surface area contributed by atoms with Crippen molar-refractivity contribution in [2.75, 3.05) is 25.0 Å². The Bertz CT molecular complexity index is 488. The van der Waals surface area contributed by atoms with E-state index < -0.39 is 0 Å². The molecule has 0 spiro atoms. The largest absolute Gasteiger partial charge is 0.462 e. The molecular formula is C16H25N3O2. The van der Waals surface area contributed by atoms with E-state index in [1.165, 1.54) is 12.8 Å². The summed E-state index contributed by atoms with van der Waals surface area (Å²) < 4.78 is 5.07. The van der Waals surface area contributed by atoms with Gasteiger partial charge in [0.25, 0.3) is 0 Å². The molecule has 0 aliphatic carbocycles. The van der Waals surface area contributed by atoms with Crippen LogP contribution in [0.3, 0.4) is 0 Å². The minimum atomic E-state index is -0.330. The first-order chi connectivity index (χ1) is 10.0. The van der Waals surface area contributed by atoms with Gasteiger partial charge in [0.15, 0.2) is 0 Å². The molecule has 1 aliphatic rings. The first-order valence-electron chi connectivity index (χ1n) is 7.64. The summed E-state index contributed by atoms with van der Waals surface area (Å²) in [5.74, 6) is 0.267. The predicted octanol–water partition coefficient (Wildman–Crippen LogP) is 2.45.